The highest BCUT2D eigenvalue weighted by molar-refractivity contribution is 7.89. The van der Waals surface area contributed by atoms with Crippen LogP contribution in [0.4, 0.5) is 4.39 Å². The summed E-state index contributed by atoms with van der Waals surface area (Å²) in [6.07, 6.45) is 1.79. The van der Waals surface area contributed by atoms with Crippen molar-refractivity contribution in [3.05, 3.63) is 52.5 Å². The van der Waals surface area contributed by atoms with Gasteiger partial charge in [0.05, 0.1) is 17.5 Å². The molecule has 0 radical (unpaired) electrons. The Morgan fingerprint density at radius 1 is 1.32 bits per heavy atom. The van der Waals surface area contributed by atoms with Crippen LogP contribution in [-0.4, -0.2) is 43.7 Å². The van der Waals surface area contributed by atoms with E-state index in [4.69, 9.17) is 0 Å². The third-order valence-electron chi connectivity index (χ3n) is 4.38. The fourth-order valence-corrected chi connectivity index (χ4v) is 4.86. The summed E-state index contributed by atoms with van der Waals surface area (Å²) >= 11 is 1.58. The van der Waals surface area contributed by atoms with Crippen molar-refractivity contribution in [2.75, 3.05) is 20.1 Å². The first kappa shape index (κ1) is 18.0. The fraction of sp³-hybridized carbons (Fsp3) is 0.353. The van der Waals surface area contributed by atoms with E-state index in [-0.39, 0.29) is 23.4 Å². The highest BCUT2D eigenvalue weighted by Crippen LogP contribution is 2.33. The van der Waals surface area contributed by atoms with E-state index in [1.807, 2.05) is 16.8 Å². The molecule has 8 heteroatoms. The standard InChI is InChI=1S/C17H19FN2O3S2/c1-19(25(22,23)15-6-4-14(18)5-7-15)11-17(21)20-9-2-3-16(20)13-8-10-24-12-13/h4-8,10,12,16H,2-3,9,11H2,1H3. The van der Waals surface area contributed by atoms with Gasteiger partial charge < -0.3 is 4.90 Å². The Balaban J connectivity index is 1.72. The SMILES string of the molecule is CN(CC(=O)N1CCCC1c1ccsc1)S(=O)(=O)c1ccc(F)cc1. The lowest BCUT2D eigenvalue weighted by molar-refractivity contribution is -0.132. The van der Waals surface area contributed by atoms with Crippen molar-refractivity contribution in [2.45, 2.75) is 23.8 Å². The molecule has 3 rings (SSSR count). The second-order valence-electron chi connectivity index (χ2n) is 6.02. The van der Waals surface area contributed by atoms with Crippen molar-refractivity contribution in [1.29, 1.82) is 0 Å². The zero-order valence-electron chi connectivity index (χ0n) is 13.8. The van der Waals surface area contributed by atoms with Crippen molar-refractivity contribution in [3.8, 4) is 0 Å². The fourth-order valence-electron chi connectivity index (χ4n) is 3.03. The number of rotatable bonds is 5. The third kappa shape index (κ3) is 3.75. The van der Waals surface area contributed by atoms with Gasteiger partial charge in [-0.25, -0.2) is 12.8 Å². The van der Waals surface area contributed by atoms with Gasteiger partial charge in [-0.3, -0.25) is 4.79 Å². The molecule has 1 unspecified atom stereocenters. The summed E-state index contributed by atoms with van der Waals surface area (Å²) in [5, 5.41) is 4.00. The Hall–Kier alpha value is -1.77. The number of nitrogens with zero attached hydrogens (tertiary/aromatic N) is 2. The number of halogens is 1. The highest BCUT2D eigenvalue weighted by Gasteiger charge is 2.32. The molecule has 1 aliphatic heterocycles. The van der Waals surface area contributed by atoms with Gasteiger partial charge in [0.1, 0.15) is 5.82 Å². The van der Waals surface area contributed by atoms with E-state index in [1.165, 1.54) is 19.2 Å². The number of hydrogen-bond donors (Lipinski definition) is 0. The summed E-state index contributed by atoms with van der Waals surface area (Å²) in [6, 6.07) is 6.61. The molecule has 0 saturated carbocycles. The van der Waals surface area contributed by atoms with Crippen LogP contribution in [0.15, 0.2) is 46.0 Å². The second-order valence-corrected chi connectivity index (χ2v) is 8.84. The van der Waals surface area contributed by atoms with Crippen LogP contribution in [0.5, 0.6) is 0 Å². The first-order chi connectivity index (χ1) is 11.9. The van der Waals surface area contributed by atoms with Crippen molar-refractivity contribution in [2.24, 2.45) is 0 Å². The summed E-state index contributed by atoms with van der Waals surface area (Å²) in [5.74, 6) is -0.727. The summed E-state index contributed by atoms with van der Waals surface area (Å²) in [7, 11) is -2.46. The molecule has 0 aliphatic carbocycles. The molecule has 134 valence electrons. The summed E-state index contributed by atoms with van der Waals surface area (Å²) in [5.41, 5.74) is 1.10. The Morgan fingerprint density at radius 2 is 2.04 bits per heavy atom. The maximum absolute atomic E-state index is 13.0. The van der Waals surface area contributed by atoms with Crippen LogP contribution in [0.1, 0.15) is 24.4 Å². The molecule has 2 heterocycles. The molecule has 0 N–H and O–H groups in total. The maximum Gasteiger partial charge on any atom is 0.243 e. The summed E-state index contributed by atoms with van der Waals surface area (Å²) in [4.78, 5) is 14.4. The predicted octanol–water partition coefficient (Wildman–Crippen LogP) is 2.87. The zero-order valence-corrected chi connectivity index (χ0v) is 15.4. The van der Waals surface area contributed by atoms with E-state index < -0.39 is 15.8 Å². The summed E-state index contributed by atoms with van der Waals surface area (Å²) in [6.45, 7) is 0.393. The molecule has 1 aromatic heterocycles. The third-order valence-corrected chi connectivity index (χ3v) is 6.90. The molecule has 25 heavy (non-hydrogen) atoms. The molecule has 1 atom stereocenters. The Labute approximate surface area is 150 Å². The van der Waals surface area contributed by atoms with Gasteiger partial charge in [0.15, 0.2) is 0 Å². The lowest BCUT2D eigenvalue weighted by atomic mass is 10.1. The first-order valence-electron chi connectivity index (χ1n) is 7.93. The van der Waals surface area contributed by atoms with Gasteiger partial charge in [0, 0.05) is 13.6 Å². The minimum Gasteiger partial charge on any atom is -0.334 e. The largest absolute Gasteiger partial charge is 0.334 e. The minimum atomic E-state index is -3.83. The number of carbonyl (C=O) groups is 1. The number of likely N-dealkylation sites (N-methyl/N-ethyl adjacent to an activating group) is 1. The second kappa shape index (κ2) is 7.23. The average molecular weight is 382 g/mol. The number of likely N-dealkylation sites (tertiary alicyclic amines) is 1. The summed E-state index contributed by atoms with van der Waals surface area (Å²) < 4.78 is 39.1. The molecule has 1 saturated heterocycles. The van der Waals surface area contributed by atoms with E-state index in [1.54, 1.807) is 16.2 Å². The number of benzene rings is 1. The van der Waals surface area contributed by atoms with Crippen molar-refractivity contribution in [3.63, 3.8) is 0 Å². The number of carbonyl (C=O) groups excluding carboxylic acids is 1. The number of hydrogen-bond acceptors (Lipinski definition) is 4. The molecule has 0 bridgehead atoms. The zero-order chi connectivity index (χ0) is 18.0. The van der Waals surface area contributed by atoms with Crippen LogP contribution in [0.25, 0.3) is 0 Å². The highest BCUT2D eigenvalue weighted by atomic mass is 32.2. The Bertz CT molecular complexity index is 835. The molecular formula is C17H19FN2O3S2. The van der Waals surface area contributed by atoms with Gasteiger partial charge in [-0.15, -0.1) is 0 Å². The van der Waals surface area contributed by atoms with E-state index in [2.05, 4.69) is 0 Å². The van der Waals surface area contributed by atoms with E-state index in [0.29, 0.717) is 6.54 Å². The molecule has 1 amide bonds. The minimum absolute atomic E-state index is 0.0145. The molecular weight excluding hydrogens is 363 g/mol. The van der Waals surface area contributed by atoms with Gasteiger partial charge in [-0.2, -0.15) is 15.6 Å². The first-order valence-corrected chi connectivity index (χ1v) is 10.3. The monoisotopic (exact) mass is 382 g/mol. The van der Waals surface area contributed by atoms with Crippen LogP contribution < -0.4 is 0 Å². The lowest BCUT2D eigenvalue weighted by Gasteiger charge is -2.26. The topological polar surface area (TPSA) is 57.7 Å². The van der Waals surface area contributed by atoms with E-state index in [9.17, 15) is 17.6 Å². The van der Waals surface area contributed by atoms with Crippen molar-refractivity contribution in [1.82, 2.24) is 9.21 Å². The predicted molar refractivity (Wildman–Crippen MR) is 94.2 cm³/mol. The van der Waals surface area contributed by atoms with Crippen LogP contribution in [0.2, 0.25) is 0 Å². The van der Waals surface area contributed by atoms with Crippen LogP contribution in [0.3, 0.4) is 0 Å². The normalized spacial score (nSPS) is 18.0. The quantitative estimate of drug-likeness (QED) is 0.799. The number of sulfonamides is 1. The van der Waals surface area contributed by atoms with Gasteiger partial charge in [0.2, 0.25) is 15.9 Å². The molecule has 0 spiro atoms. The maximum atomic E-state index is 13.0. The molecule has 1 fully saturated rings. The van der Waals surface area contributed by atoms with Gasteiger partial charge in [0.25, 0.3) is 0 Å². The van der Waals surface area contributed by atoms with E-state index >= 15 is 0 Å². The van der Waals surface area contributed by atoms with Crippen molar-refractivity contribution < 1.29 is 17.6 Å². The molecule has 1 aromatic carbocycles. The Morgan fingerprint density at radius 3 is 2.68 bits per heavy atom. The van der Waals surface area contributed by atoms with Gasteiger partial charge >= 0.3 is 0 Å². The Kier molecular flexibility index (Phi) is 5.21. The van der Waals surface area contributed by atoms with E-state index in [0.717, 1.165) is 34.8 Å². The van der Waals surface area contributed by atoms with Crippen LogP contribution >= 0.6 is 11.3 Å². The molecule has 5 nitrogen and oxygen atoms in total. The number of amides is 1. The smallest absolute Gasteiger partial charge is 0.243 e. The van der Waals surface area contributed by atoms with Gasteiger partial charge in [-0.05, 0) is 59.5 Å². The lowest BCUT2D eigenvalue weighted by Crippen LogP contribution is -2.40. The van der Waals surface area contributed by atoms with Crippen LogP contribution in [0, 0.1) is 5.82 Å². The molecule has 1 aliphatic rings. The van der Waals surface area contributed by atoms with Crippen molar-refractivity contribution >= 4 is 27.3 Å². The molecule has 2 aromatic rings. The average Bonchev–Trinajstić information content (AvgIpc) is 3.26. The van der Waals surface area contributed by atoms with Gasteiger partial charge in [-0.1, -0.05) is 0 Å². The van der Waals surface area contributed by atoms with Crippen LogP contribution in [-0.2, 0) is 14.8 Å². The number of thiophene rings is 1.